The molecule has 24 heavy (non-hydrogen) atoms. The molecular weight excluding hydrogens is 335 g/mol. The molecule has 0 unspecified atom stereocenters. The summed E-state index contributed by atoms with van der Waals surface area (Å²) >= 11 is 1.72. The molecule has 3 rings (SSSR count). The lowest BCUT2D eigenvalue weighted by Crippen LogP contribution is -2.35. The number of hydrogen-bond donors (Lipinski definition) is 2. The lowest BCUT2D eigenvalue weighted by Gasteiger charge is -2.30. The zero-order chi connectivity index (χ0) is 17.3. The normalized spacial score (nSPS) is 17.3. The van der Waals surface area contributed by atoms with Crippen molar-refractivity contribution in [1.29, 1.82) is 0 Å². The van der Waals surface area contributed by atoms with Crippen LogP contribution in [0.4, 0.5) is 14.7 Å². The van der Waals surface area contributed by atoms with Crippen LogP contribution in [0.25, 0.3) is 11.0 Å². The predicted octanol–water partition coefficient (Wildman–Crippen LogP) is 1.69. The van der Waals surface area contributed by atoms with E-state index in [-0.39, 0.29) is 11.7 Å². The highest BCUT2D eigenvalue weighted by molar-refractivity contribution is 7.96. The molecule has 6 nitrogen and oxygen atoms in total. The Morgan fingerprint density at radius 2 is 2.17 bits per heavy atom. The molecule has 2 radical (unpaired) electrons. The van der Waals surface area contributed by atoms with Gasteiger partial charge in [-0.25, -0.2) is 13.8 Å². The van der Waals surface area contributed by atoms with Crippen molar-refractivity contribution in [2.45, 2.75) is 24.7 Å². The van der Waals surface area contributed by atoms with Gasteiger partial charge in [-0.2, -0.15) is 4.98 Å². The first kappa shape index (κ1) is 17.2. The summed E-state index contributed by atoms with van der Waals surface area (Å²) in [5.41, 5.74) is -1.55. The van der Waals surface area contributed by atoms with Gasteiger partial charge in [0, 0.05) is 30.7 Å². The topological polar surface area (TPSA) is 73.9 Å². The van der Waals surface area contributed by atoms with Crippen LogP contribution in [0.1, 0.15) is 18.4 Å². The van der Waals surface area contributed by atoms with Crippen LogP contribution in [0.2, 0.25) is 0 Å². The summed E-state index contributed by atoms with van der Waals surface area (Å²) in [4.78, 5) is 22.4. The van der Waals surface area contributed by atoms with Crippen molar-refractivity contribution in [3.8, 4) is 0 Å². The molecule has 0 amide bonds. The third kappa shape index (κ3) is 3.69. The molecule has 126 valence electrons. The zero-order valence-electron chi connectivity index (χ0n) is 13.1. The number of nitrogens with one attached hydrogen (secondary N) is 2. The minimum absolute atomic E-state index is 0.201. The standard InChI is InChI=1S/C14H16BF2N5OS/c1-24-22-4-2-9(3-5-22)19-13-18-7-8-6-10(14(15,16)17)12(23)20-11(8)21-13/h6-7,9H,2-5H2,1H3,(H2,18,19,20,21,23). The second kappa shape index (κ2) is 6.68. The predicted molar refractivity (Wildman–Crippen MR) is 91.5 cm³/mol. The SMILES string of the molecule is [B]C(F)(F)c1cc2cnc(NC3CCN(SC)CC3)nc2[nH]c1=O. The van der Waals surface area contributed by atoms with E-state index in [1.807, 2.05) is 0 Å². The average molecular weight is 351 g/mol. The van der Waals surface area contributed by atoms with Gasteiger partial charge < -0.3 is 10.3 Å². The third-order valence-electron chi connectivity index (χ3n) is 4.00. The molecule has 0 spiro atoms. The molecule has 1 aliphatic rings. The highest BCUT2D eigenvalue weighted by Crippen LogP contribution is 2.23. The van der Waals surface area contributed by atoms with E-state index in [2.05, 4.69) is 30.8 Å². The number of alkyl halides is 2. The average Bonchev–Trinajstić information content (AvgIpc) is 2.54. The molecule has 2 aromatic heterocycles. The second-order valence-electron chi connectivity index (χ2n) is 5.66. The van der Waals surface area contributed by atoms with E-state index >= 15 is 0 Å². The number of aromatic amines is 1. The molecule has 1 aliphatic heterocycles. The molecule has 0 aliphatic carbocycles. The van der Waals surface area contributed by atoms with Gasteiger partial charge in [0.15, 0.2) is 7.85 Å². The van der Waals surface area contributed by atoms with Crippen LogP contribution in [0.15, 0.2) is 17.1 Å². The maximum Gasteiger partial charge on any atom is 0.257 e. The summed E-state index contributed by atoms with van der Waals surface area (Å²) in [6.07, 6.45) is 5.36. The van der Waals surface area contributed by atoms with Crippen molar-refractivity contribution in [1.82, 2.24) is 19.3 Å². The first-order valence-electron chi connectivity index (χ1n) is 7.49. The Hall–Kier alpha value is -1.68. The number of H-pyrrole nitrogens is 1. The molecule has 0 aromatic carbocycles. The quantitative estimate of drug-likeness (QED) is 0.645. The van der Waals surface area contributed by atoms with Crippen molar-refractivity contribution < 1.29 is 8.78 Å². The summed E-state index contributed by atoms with van der Waals surface area (Å²) in [5, 5.41) is 3.53. The van der Waals surface area contributed by atoms with Crippen molar-refractivity contribution in [2.24, 2.45) is 0 Å². The number of rotatable bonds is 4. The smallest absolute Gasteiger partial charge is 0.257 e. The maximum atomic E-state index is 13.2. The fourth-order valence-electron chi connectivity index (χ4n) is 2.68. The van der Waals surface area contributed by atoms with Gasteiger partial charge in [-0.3, -0.25) is 9.10 Å². The number of hydrogen-bond acceptors (Lipinski definition) is 6. The number of halogens is 2. The van der Waals surface area contributed by atoms with E-state index < -0.39 is 16.9 Å². The van der Waals surface area contributed by atoms with Crippen molar-refractivity contribution in [3.05, 3.63) is 28.2 Å². The minimum atomic E-state index is -3.70. The van der Waals surface area contributed by atoms with Gasteiger partial charge in [0.25, 0.3) is 5.56 Å². The van der Waals surface area contributed by atoms with Gasteiger partial charge in [-0.05, 0) is 25.2 Å². The molecular formula is C14H16BF2N5OS. The van der Waals surface area contributed by atoms with E-state index in [4.69, 9.17) is 7.85 Å². The molecule has 0 atom stereocenters. The Morgan fingerprint density at radius 3 is 2.79 bits per heavy atom. The number of aromatic nitrogens is 3. The zero-order valence-corrected chi connectivity index (χ0v) is 13.9. The lowest BCUT2D eigenvalue weighted by molar-refractivity contribution is 0.0927. The van der Waals surface area contributed by atoms with Crippen molar-refractivity contribution >= 4 is 36.8 Å². The van der Waals surface area contributed by atoms with Gasteiger partial charge in [0.1, 0.15) is 5.65 Å². The van der Waals surface area contributed by atoms with Gasteiger partial charge in [-0.15, -0.1) is 0 Å². The highest BCUT2D eigenvalue weighted by Gasteiger charge is 2.27. The Kier molecular flexibility index (Phi) is 4.77. The highest BCUT2D eigenvalue weighted by atomic mass is 32.2. The molecule has 3 heterocycles. The number of anilines is 1. The molecule has 2 aromatic rings. The summed E-state index contributed by atoms with van der Waals surface area (Å²) in [5.74, 6) is -3.34. The van der Waals surface area contributed by atoms with Crippen molar-refractivity contribution in [2.75, 3.05) is 24.7 Å². The third-order valence-corrected chi connectivity index (χ3v) is 4.88. The Balaban J connectivity index is 1.81. The van der Waals surface area contributed by atoms with Gasteiger partial charge >= 0.3 is 0 Å². The van der Waals surface area contributed by atoms with Crippen LogP contribution in [-0.2, 0) is 5.82 Å². The Morgan fingerprint density at radius 1 is 1.46 bits per heavy atom. The van der Waals surface area contributed by atoms with Crippen LogP contribution < -0.4 is 10.9 Å². The second-order valence-corrected chi connectivity index (χ2v) is 6.54. The van der Waals surface area contributed by atoms with Crippen LogP contribution in [0.3, 0.4) is 0 Å². The fourth-order valence-corrected chi connectivity index (χ4v) is 3.25. The summed E-state index contributed by atoms with van der Waals surface area (Å²) < 4.78 is 28.7. The molecule has 1 fully saturated rings. The van der Waals surface area contributed by atoms with Gasteiger partial charge in [0.2, 0.25) is 11.8 Å². The lowest BCUT2D eigenvalue weighted by atomic mass is 9.91. The monoisotopic (exact) mass is 351 g/mol. The number of piperidine rings is 1. The van der Waals surface area contributed by atoms with Gasteiger partial charge in [-0.1, -0.05) is 11.9 Å². The molecule has 0 saturated carbocycles. The van der Waals surface area contributed by atoms with Crippen LogP contribution in [0.5, 0.6) is 0 Å². The van der Waals surface area contributed by atoms with Gasteiger partial charge in [0.05, 0.1) is 5.56 Å². The number of pyridine rings is 1. The Bertz CT molecular complexity index is 789. The van der Waals surface area contributed by atoms with E-state index in [0.29, 0.717) is 11.3 Å². The molecule has 10 heteroatoms. The van der Waals surface area contributed by atoms with E-state index in [1.54, 1.807) is 11.9 Å². The summed E-state index contributed by atoms with van der Waals surface area (Å²) in [6, 6.07) is 1.26. The molecule has 0 bridgehead atoms. The van der Waals surface area contributed by atoms with Crippen LogP contribution in [-0.4, -0.2) is 52.5 Å². The maximum absolute atomic E-state index is 13.2. The largest absolute Gasteiger partial charge is 0.351 e. The van der Waals surface area contributed by atoms with Crippen molar-refractivity contribution in [3.63, 3.8) is 0 Å². The van der Waals surface area contributed by atoms with Crippen LogP contribution >= 0.6 is 11.9 Å². The summed E-state index contributed by atoms with van der Waals surface area (Å²) in [7, 11) is 4.71. The molecule has 1 saturated heterocycles. The van der Waals surface area contributed by atoms with E-state index in [1.165, 1.54) is 6.20 Å². The van der Waals surface area contributed by atoms with E-state index in [9.17, 15) is 13.6 Å². The summed E-state index contributed by atoms with van der Waals surface area (Å²) in [6.45, 7) is 1.94. The minimum Gasteiger partial charge on any atom is -0.351 e. The first-order chi connectivity index (χ1) is 11.4. The number of nitrogens with zero attached hydrogens (tertiary/aromatic N) is 3. The fraction of sp³-hybridized carbons (Fsp3) is 0.500. The number of fused-ring (bicyclic) bond motifs is 1. The first-order valence-corrected chi connectivity index (χ1v) is 8.68. The molecule has 2 N–H and O–H groups in total. The van der Waals surface area contributed by atoms with E-state index in [0.717, 1.165) is 32.0 Å². The Labute approximate surface area is 143 Å². The van der Waals surface area contributed by atoms with Crippen LogP contribution in [0, 0.1) is 0 Å².